The highest BCUT2D eigenvalue weighted by atomic mass is 16.2. The summed E-state index contributed by atoms with van der Waals surface area (Å²) in [6.07, 6.45) is 2.11. The van der Waals surface area contributed by atoms with Gasteiger partial charge in [0.15, 0.2) is 0 Å². The molecular weight excluding hydrogens is 256 g/mol. The van der Waals surface area contributed by atoms with Gasteiger partial charge in [-0.1, -0.05) is 13.8 Å². The first-order chi connectivity index (χ1) is 9.23. The molecule has 1 rings (SSSR count). The van der Waals surface area contributed by atoms with Crippen molar-refractivity contribution in [2.45, 2.75) is 32.7 Å². The number of likely N-dealkylation sites (N-methyl/N-ethyl adjacent to an activating group) is 2. The van der Waals surface area contributed by atoms with Crippen LogP contribution in [0.25, 0.3) is 0 Å². The topological polar surface area (TPSA) is 78.7 Å². The van der Waals surface area contributed by atoms with Gasteiger partial charge < -0.3 is 16.0 Å². The molecule has 1 fully saturated rings. The number of amides is 2. The van der Waals surface area contributed by atoms with Crippen molar-refractivity contribution >= 4 is 11.8 Å². The normalized spacial score (nSPS) is 15.3. The summed E-state index contributed by atoms with van der Waals surface area (Å²) in [4.78, 5) is 27.1. The number of rotatable bonds is 8. The molecule has 0 aromatic rings. The maximum Gasteiger partial charge on any atom is 0.239 e. The van der Waals surface area contributed by atoms with Crippen molar-refractivity contribution in [3.63, 3.8) is 0 Å². The summed E-state index contributed by atoms with van der Waals surface area (Å²) in [6, 6.07) is 0.332. The second-order valence-corrected chi connectivity index (χ2v) is 6.63. The number of carbonyl (C=O) groups excluding carboxylic acids is 2. The highest BCUT2D eigenvalue weighted by molar-refractivity contribution is 5.85. The smallest absolute Gasteiger partial charge is 0.239 e. The Morgan fingerprint density at radius 1 is 1.25 bits per heavy atom. The van der Waals surface area contributed by atoms with Gasteiger partial charge in [-0.2, -0.15) is 0 Å². The number of carbonyl (C=O) groups is 2. The number of nitrogens with zero attached hydrogens (tertiary/aromatic N) is 2. The van der Waals surface area contributed by atoms with Crippen LogP contribution in [0, 0.1) is 5.41 Å². The molecule has 1 aliphatic carbocycles. The number of hydrogen-bond acceptors (Lipinski definition) is 4. The molecule has 0 spiro atoms. The molecule has 6 nitrogen and oxygen atoms in total. The monoisotopic (exact) mass is 284 g/mol. The zero-order chi connectivity index (χ0) is 15.3. The second-order valence-electron chi connectivity index (χ2n) is 6.63. The van der Waals surface area contributed by atoms with Crippen LogP contribution in [0.3, 0.4) is 0 Å². The highest BCUT2D eigenvalue weighted by Crippen LogP contribution is 2.18. The van der Waals surface area contributed by atoms with Crippen LogP contribution in [0.15, 0.2) is 0 Å². The Morgan fingerprint density at radius 2 is 1.85 bits per heavy atom. The number of nitrogens with one attached hydrogen (secondary N) is 1. The Labute approximate surface area is 121 Å². The van der Waals surface area contributed by atoms with Crippen molar-refractivity contribution < 1.29 is 9.59 Å². The van der Waals surface area contributed by atoms with E-state index in [9.17, 15) is 9.59 Å². The van der Waals surface area contributed by atoms with E-state index in [-0.39, 0.29) is 23.8 Å². The summed E-state index contributed by atoms with van der Waals surface area (Å²) in [5.74, 6) is -0.125. The van der Waals surface area contributed by atoms with Gasteiger partial charge in [0.05, 0.1) is 13.1 Å². The lowest BCUT2D eigenvalue weighted by atomic mass is 9.93. The first-order valence-corrected chi connectivity index (χ1v) is 7.15. The van der Waals surface area contributed by atoms with Gasteiger partial charge in [-0.3, -0.25) is 14.5 Å². The number of hydrogen-bond donors (Lipinski definition) is 2. The van der Waals surface area contributed by atoms with Crippen LogP contribution in [0.4, 0.5) is 0 Å². The third-order valence-corrected chi connectivity index (χ3v) is 3.40. The molecule has 116 valence electrons. The van der Waals surface area contributed by atoms with Crippen LogP contribution in [-0.2, 0) is 9.59 Å². The van der Waals surface area contributed by atoms with Crippen molar-refractivity contribution in [2.24, 2.45) is 11.1 Å². The van der Waals surface area contributed by atoms with Crippen molar-refractivity contribution in [3.8, 4) is 0 Å². The zero-order valence-electron chi connectivity index (χ0n) is 13.1. The van der Waals surface area contributed by atoms with Gasteiger partial charge in [0, 0.05) is 19.6 Å². The Morgan fingerprint density at radius 3 is 2.35 bits per heavy atom. The van der Waals surface area contributed by atoms with Gasteiger partial charge >= 0.3 is 0 Å². The Kier molecular flexibility index (Phi) is 5.95. The minimum Gasteiger partial charge on any atom is -0.352 e. The molecule has 0 heterocycles. The average Bonchev–Trinajstić information content (AvgIpc) is 3.11. The van der Waals surface area contributed by atoms with Crippen LogP contribution in [0.2, 0.25) is 0 Å². The van der Waals surface area contributed by atoms with E-state index in [1.54, 1.807) is 7.05 Å². The van der Waals surface area contributed by atoms with Crippen LogP contribution >= 0.6 is 0 Å². The molecule has 6 heteroatoms. The quantitative estimate of drug-likeness (QED) is 0.638. The van der Waals surface area contributed by atoms with Gasteiger partial charge in [0.2, 0.25) is 11.8 Å². The lowest BCUT2D eigenvalue weighted by Crippen LogP contribution is -2.45. The van der Waals surface area contributed by atoms with Crippen LogP contribution in [-0.4, -0.2) is 67.9 Å². The van der Waals surface area contributed by atoms with Gasteiger partial charge in [0.1, 0.15) is 0 Å². The second kappa shape index (κ2) is 7.04. The summed E-state index contributed by atoms with van der Waals surface area (Å²) in [5, 5.41) is 2.88. The summed E-state index contributed by atoms with van der Waals surface area (Å²) < 4.78 is 0. The van der Waals surface area contributed by atoms with E-state index in [0.717, 1.165) is 19.4 Å². The molecule has 0 atom stereocenters. The maximum absolute atomic E-state index is 12.0. The lowest BCUT2D eigenvalue weighted by molar-refractivity contribution is -0.135. The highest BCUT2D eigenvalue weighted by Gasteiger charge is 2.25. The molecule has 1 aliphatic rings. The van der Waals surface area contributed by atoms with Gasteiger partial charge in [-0.15, -0.1) is 0 Å². The molecule has 0 unspecified atom stereocenters. The largest absolute Gasteiger partial charge is 0.352 e. The summed E-state index contributed by atoms with van der Waals surface area (Å²) in [5.41, 5.74) is 5.67. The average molecular weight is 284 g/mol. The predicted octanol–water partition coefficient (Wildman–Crippen LogP) is -0.360. The van der Waals surface area contributed by atoms with Crippen molar-refractivity contribution in [1.82, 2.24) is 15.1 Å². The minimum atomic E-state index is -0.0757. The van der Waals surface area contributed by atoms with Crippen molar-refractivity contribution in [1.29, 1.82) is 0 Å². The molecule has 0 radical (unpaired) electrons. The fraction of sp³-hybridized carbons (Fsp3) is 0.857. The SMILES string of the molecule is CN(CC(=O)N(C)CC(=O)NC1CC1)CC(C)(C)CN. The summed E-state index contributed by atoms with van der Waals surface area (Å²) >= 11 is 0. The van der Waals surface area contributed by atoms with Crippen LogP contribution in [0.1, 0.15) is 26.7 Å². The van der Waals surface area contributed by atoms with Crippen LogP contribution < -0.4 is 11.1 Å². The molecule has 0 aromatic carbocycles. The van der Waals surface area contributed by atoms with E-state index >= 15 is 0 Å². The molecule has 0 aromatic heterocycles. The Balaban J connectivity index is 2.30. The van der Waals surface area contributed by atoms with Gasteiger partial charge in [0.25, 0.3) is 0 Å². The predicted molar refractivity (Wildman–Crippen MR) is 79.1 cm³/mol. The molecule has 0 aliphatic heterocycles. The molecule has 3 N–H and O–H groups in total. The van der Waals surface area contributed by atoms with E-state index < -0.39 is 0 Å². The third-order valence-electron chi connectivity index (χ3n) is 3.40. The fourth-order valence-corrected chi connectivity index (χ4v) is 2.01. The lowest BCUT2D eigenvalue weighted by Gasteiger charge is -2.29. The van der Waals surface area contributed by atoms with Gasteiger partial charge in [-0.25, -0.2) is 0 Å². The van der Waals surface area contributed by atoms with E-state index in [0.29, 0.717) is 19.1 Å². The van der Waals surface area contributed by atoms with Gasteiger partial charge in [-0.05, 0) is 31.8 Å². The van der Waals surface area contributed by atoms with E-state index in [1.165, 1.54) is 4.90 Å². The van der Waals surface area contributed by atoms with E-state index in [4.69, 9.17) is 5.73 Å². The van der Waals surface area contributed by atoms with Crippen LogP contribution in [0.5, 0.6) is 0 Å². The molecule has 0 bridgehead atoms. The first kappa shape index (κ1) is 16.9. The standard InChI is InChI=1S/C14H28N4O2/c1-14(2,9-15)10-17(3)8-13(20)18(4)7-12(19)16-11-5-6-11/h11H,5-10,15H2,1-4H3,(H,16,19). The minimum absolute atomic E-state index is 0.0169. The zero-order valence-corrected chi connectivity index (χ0v) is 13.1. The maximum atomic E-state index is 12.0. The molecule has 1 saturated carbocycles. The first-order valence-electron chi connectivity index (χ1n) is 7.15. The van der Waals surface area contributed by atoms with E-state index in [2.05, 4.69) is 19.2 Å². The van der Waals surface area contributed by atoms with E-state index in [1.807, 2.05) is 11.9 Å². The molecule has 0 saturated heterocycles. The Hall–Kier alpha value is -1.14. The fourth-order valence-electron chi connectivity index (χ4n) is 2.01. The third kappa shape index (κ3) is 6.34. The molecule has 2 amide bonds. The molecular formula is C14H28N4O2. The summed E-state index contributed by atoms with van der Waals surface area (Å²) in [6.45, 7) is 5.89. The number of nitrogens with two attached hydrogens (primary N) is 1. The van der Waals surface area contributed by atoms with Crippen molar-refractivity contribution in [3.05, 3.63) is 0 Å². The van der Waals surface area contributed by atoms with Crippen molar-refractivity contribution in [2.75, 3.05) is 40.3 Å². The summed E-state index contributed by atoms with van der Waals surface area (Å²) in [7, 11) is 3.56. The Bertz CT molecular complexity index is 353. The molecule has 20 heavy (non-hydrogen) atoms.